The topological polar surface area (TPSA) is 175 Å². The van der Waals surface area contributed by atoms with Crippen LogP contribution in [0.1, 0.15) is 251 Å². The molecule has 132 heavy (non-hydrogen) atoms. The minimum Gasteiger partial charge on any atom is -0.388 e. The molecule has 696 valence electrons. The molecule has 0 radical (unpaired) electrons. The molecule has 12 aromatic rings. The quantitative estimate of drug-likeness (QED) is 0.0196. The molecule has 0 aliphatic carbocycles. The lowest BCUT2D eigenvalue weighted by Gasteiger charge is -2.42. The Morgan fingerprint density at radius 2 is 0.409 bits per heavy atom. The van der Waals surface area contributed by atoms with Crippen molar-refractivity contribution in [3.8, 4) is 0 Å². The van der Waals surface area contributed by atoms with E-state index in [4.69, 9.17) is 0 Å². The molecule has 4 heterocycles. The van der Waals surface area contributed by atoms with Gasteiger partial charge in [0, 0.05) is 0 Å². The second-order valence-corrected chi connectivity index (χ2v) is 39.1. The summed E-state index contributed by atoms with van der Waals surface area (Å²) in [7, 11) is 0. The number of hydrogen-bond donors (Lipinski definition) is 8. The molecule has 4 atom stereocenters. The lowest BCUT2D eigenvalue weighted by Crippen LogP contribution is -2.44. The van der Waals surface area contributed by atoms with Crippen LogP contribution >= 0.6 is 0 Å². The average Bonchev–Trinajstić information content (AvgIpc) is 0.780. The molecule has 12 nitrogen and oxygen atoms in total. The van der Waals surface area contributed by atoms with Gasteiger partial charge in [0.05, 0.1) is 24.4 Å². The van der Waals surface area contributed by atoms with Crippen LogP contribution in [0.25, 0.3) is 0 Å². The molecule has 12 aromatic carbocycles. The molecule has 4 unspecified atom stereocenters. The van der Waals surface area contributed by atoms with Crippen molar-refractivity contribution in [2.24, 2.45) is 23.7 Å². The van der Waals surface area contributed by atoms with Crippen LogP contribution in [0.2, 0.25) is 0 Å². The van der Waals surface area contributed by atoms with Crippen molar-refractivity contribution in [3.05, 3.63) is 429 Å². The van der Waals surface area contributed by atoms with Crippen LogP contribution in [0.15, 0.2) is 346 Å². The van der Waals surface area contributed by atoms with Gasteiger partial charge in [0.1, 0.15) is 22.4 Å². The molecule has 12 heteroatoms. The Balaban J connectivity index is 0.000000150. The Labute approximate surface area is 789 Å². The molecular formula is C120H148N4O8. The Morgan fingerprint density at radius 1 is 0.235 bits per heavy atom. The number of benzene rings is 12. The second-order valence-electron chi connectivity index (χ2n) is 39.1. The Hall–Kier alpha value is -9.84. The highest BCUT2D eigenvalue weighted by Crippen LogP contribution is 2.47. The lowest BCUT2D eigenvalue weighted by atomic mass is 9.72. The van der Waals surface area contributed by atoms with Gasteiger partial charge in [0.2, 0.25) is 0 Å². The van der Waals surface area contributed by atoms with E-state index in [-0.39, 0.29) is 35.2 Å². The first kappa shape index (κ1) is 99.6. The normalized spacial score (nSPS) is 16.8. The fraction of sp³-hybridized carbons (Fsp3) is 0.400. The van der Waals surface area contributed by atoms with Crippen LogP contribution in [-0.2, 0) is 27.8 Å². The highest BCUT2D eigenvalue weighted by Gasteiger charge is 2.46. The van der Waals surface area contributed by atoms with Crippen molar-refractivity contribution in [1.82, 2.24) is 19.6 Å². The Morgan fingerprint density at radius 3 is 0.606 bits per heavy atom. The first-order valence-corrected chi connectivity index (χ1v) is 49.3. The SMILES string of the molecule is CC(C)(C)c1ccc(C(O)CCCN2CCC(C(O)(c3ccccc3)c3ccccc3)CC2)cc1.CC(C)c1ccc(C(O)CCCN2CCC(C(O)(c3ccccc3)c3ccccc3)CC2)cc1.Cc1ccc(C(O)CCCN2CCC(C(O)(c3ccccc3)c3ccccc3)CC2)cc1.OC(CCCN1CCC(C(O)(c2ccccc2)c2ccccc2)CC1)c1ccccc1. The van der Waals surface area contributed by atoms with E-state index >= 15 is 0 Å². The van der Waals surface area contributed by atoms with Crippen molar-refractivity contribution < 1.29 is 40.9 Å². The van der Waals surface area contributed by atoms with Crippen LogP contribution in [0.4, 0.5) is 0 Å². The summed E-state index contributed by atoms with van der Waals surface area (Å²) in [6, 6.07) is 116. The predicted octanol–water partition coefficient (Wildman–Crippen LogP) is 23.3. The van der Waals surface area contributed by atoms with E-state index in [0.29, 0.717) is 5.92 Å². The maximum absolute atomic E-state index is 12.1. The molecule has 0 aromatic heterocycles. The number of aliphatic hydroxyl groups excluding tert-OH is 4. The smallest absolute Gasteiger partial charge is 0.117 e. The summed E-state index contributed by atoms with van der Waals surface area (Å²) in [6.07, 6.45) is 13.1. The van der Waals surface area contributed by atoms with Gasteiger partial charge in [0.15, 0.2) is 0 Å². The second kappa shape index (κ2) is 48.9. The van der Waals surface area contributed by atoms with Gasteiger partial charge in [-0.15, -0.1) is 0 Å². The molecule has 8 N–H and O–H groups in total. The van der Waals surface area contributed by atoms with Crippen molar-refractivity contribution in [2.45, 2.75) is 202 Å². The van der Waals surface area contributed by atoms with Crippen LogP contribution in [0.3, 0.4) is 0 Å². The summed E-state index contributed by atoms with van der Waals surface area (Å²) in [5.74, 6) is 1.23. The zero-order valence-electron chi connectivity index (χ0n) is 79.3. The van der Waals surface area contributed by atoms with Crippen LogP contribution in [-0.4, -0.2) is 139 Å². The minimum atomic E-state index is -0.968. The van der Waals surface area contributed by atoms with Crippen molar-refractivity contribution in [2.75, 3.05) is 78.5 Å². The summed E-state index contributed by atoms with van der Waals surface area (Å²) in [4.78, 5) is 9.93. The van der Waals surface area contributed by atoms with E-state index in [2.05, 4.69) is 170 Å². The third-order valence-corrected chi connectivity index (χ3v) is 29.0. The molecule has 4 aliphatic heterocycles. The summed E-state index contributed by atoms with van der Waals surface area (Å²) in [5.41, 5.74) is 11.9. The maximum Gasteiger partial charge on any atom is 0.117 e. The summed E-state index contributed by atoms with van der Waals surface area (Å²) >= 11 is 0. The van der Waals surface area contributed by atoms with Crippen LogP contribution < -0.4 is 0 Å². The van der Waals surface area contributed by atoms with Gasteiger partial charge in [-0.25, -0.2) is 0 Å². The molecule has 4 saturated heterocycles. The van der Waals surface area contributed by atoms with E-state index in [1.54, 1.807) is 0 Å². The van der Waals surface area contributed by atoms with E-state index in [1.807, 2.05) is 237 Å². The third kappa shape index (κ3) is 26.4. The standard InChI is InChI=1S/C32H41NO2.C31H39NO2.C29H35NO2.C28H33NO2/c1-31(2,3)26-18-16-25(17-19-26)30(34)15-10-22-33-23-20-29(21-24-33)32(35,27-11-6-4-7-12-27)28-13-8-5-9-14-28;1-24(2)25-15-17-26(18-16-25)30(33)14-9-21-32-22-19-29(20-23-32)31(34,27-10-5-3-6-11-27)28-12-7-4-8-13-28;1-23-14-16-24(17-15-23)28(31)13-8-20-30-21-18-27(19-22-30)29(32,25-9-4-2-5-10-25)26-11-6-3-7-12-26;30-27(23-11-4-1-5-12-23)17-10-20-29-21-18-26(19-22-29)28(31,24-13-6-2-7-14-24)25-15-8-3-9-16-25/h4-9,11-14,16-19,29-30,34-35H,10,15,20-24H2,1-3H3;3-8,10-13,15-18,24,29-30,33-34H,9,14,19-23H2,1-2H3;2-7,9-12,14-17,27-28,31-32H,8,13,18-22H2,1H3;1-9,11-16,26-27,30-31H,10,17-22H2. The van der Waals surface area contributed by atoms with Crippen LogP contribution in [0.5, 0.6) is 0 Å². The minimum absolute atomic E-state index is 0.128. The van der Waals surface area contributed by atoms with Crippen LogP contribution in [0, 0.1) is 30.6 Å². The zero-order valence-corrected chi connectivity index (χ0v) is 79.3. The molecule has 0 amide bonds. The van der Waals surface area contributed by atoms with Gasteiger partial charge in [0.25, 0.3) is 0 Å². The molecule has 4 fully saturated rings. The fourth-order valence-electron chi connectivity index (χ4n) is 20.9. The maximum atomic E-state index is 12.1. The summed E-state index contributed by atoms with van der Waals surface area (Å²) in [6.45, 7) is 24.9. The van der Waals surface area contributed by atoms with Gasteiger partial charge < -0.3 is 60.5 Å². The Bertz CT molecular complexity index is 5040. The first-order chi connectivity index (χ1) is 64.0. The van der Waals surface area contributed by atoms with Crippen molar-refractivity contribution >= 4 is 0 Å². The van der Waals surface area contributed by atoms with E-state index in [9.17, 15) is 40.9 Å². The Kier molecular flexibility index (Phi) is 36.9. The number of piperidine rings is 4. The van der Waals surface area contributed by atoms with Crippen molar-refractivity contribution in [3.63, 3.8) is 0 Å². The molecule has 0 spiro atoms. The molecular weight excluding hydrogens is 1630 g/mol. The van der Waals surface area contributed by atoms with Gasteiger partial charge in [-0.1, -0.05) is 386 Å². The number of likely N-dealkylation sites (tertiary alicyclic amines) is 4. The molecule has 4 aliphatic rings. The summed E-state index contributed by atoms with van der Waals surface area (Å²) in [5, 5.41) is 90.3. The van der Waals surface area contributed by atoms with E-state index in [0.717, 1.165) is 248 Å². The first-order valence-electron chi connectivity index (χ1n) is 49.3. The van der Waals surface area contributed by atoms with E-state index < -0.39 is 40.7 Å². The number of rotatable bonds is 33. The van der Waals surface area contributed by atoms with Gasteiger partial charge >= 0.3 is 0 Å². The lowest BCUT2D eigenvalue weighted by molar-refractivity contribution is -0.0148. The fourth-order valence-corrected chi connectivity index (χ4v) is 20.9. The van der Waals surface area contributed by atoms with E-state index in [1.165, 1.54) is 16.7 Å². The monoisotopic (exact) mass is 1770 g/mol. The van der Waals surface area contributed by atoms with Gasteiger partial charge in [-0.3, -0.25) is 0 Å². The zero-order chi connectivity index (χ0) is 92.8. The highest BCUT2D eigenvalue weighted by atomic mass is 16.3. The number of hydrogen-bond acceptors (Lipinski definition) is 12. The number of aryl methyl sites for hydroxylation is 1. The van der Waals surface area contributed by atoms with Gasteiger partial charge in [-0.05, 0) is 301 Å². The summed E-state index contributed by atoms with van der Waals surface area (Å²) < 4.78 is 0. The molecule has 0 bridgehead atoms. The molecule has 16 rings (SSSR count). The molecule has 0 saturated carbocycles. The highest BCUT2D eigenvalue weighted by molar-refractivity contribution is 5.43. The third-order valence-electron chi connectivity index (χ3n) is 29.0. The largest absolute Gasteiger partial charge is 0.388 e. The predicted molar refractivity (Wildman–Crippen MR) is 540 cm³/mol. The van der Waals surface area contributed by atoms with Gasteiger partial charge in [-0.2, -0.15) is 0 Å². The number of aliphatic hydroxyl groups is 8. The number of nitrogens with zero attached hydrogens (tertiary/aromatic N) is 4. The average molecular weight is 1770 g/mol. The van der Waals surface area contributed by atoms with Crippen molar-refractivity contribution in [1.29, 1.82) is 0 Å².